The largest absolute Gasteiger partial charge is 0.507 e. The molecule has 0 radical (unpaired) electrons. The molecule has 0 aliphatic carbocycles. The quantitative estimate of drug-likeness (QED) is 0.343. The second kappa shape index (κ2) is 8.67. The lowest BCUT2D eigenvalue weighted by Gasteiger charge is -2.24. The molecule has 2 aromatic rings. The van der Waals surface area contributed by atoms with Gasteiger partial charge in [0.05, 0.1) is 18.4 Å². The first kappa shape index (κ1) is 19.6. The molecule has 7 heteroatoms. The highest BCUT2D eigenvalue weighted by molar-refractivity contribution is 6.46. The summed E-state index contributed by atoms with van der Waals surface area (Å²) < 4.78 is 10.2. The van der Waals surface area contributed by atoms with Crippen LogP contribution in [0, 0.1) is 0 Å². The summed E-state index contributed by atoms with van der Waals surface area (Å²) in [7, 11) is 3.12. The minimum atomic E-state index is -0.750. The van der Waals surface area contributed by atoms with Crippen molar-refractivity contribution in [2.45, 2.75) is 12.5 Å². The lowest BCUT2D eigenvalue weighted by Crippen LogP contribution is -2.31. The fraction of sp³-hybridized carbons (Fsp3) is 0.286. The normalized spacial score (nSPS) is 18.5. The molecule has 7 nitrogen and oxygen atoms in total. The fourth-order valence-electron chi connectivity index (χ4n) is 3.24. The van der Waals surface area contributed by atoms with Gasteiger partial charge in [-0.1, -0.05) is 6.07 Å². The Morgan fingerprint density at radius 2 is 1.89 bits per heavy atom. The van der Waals surface area contributed by atoms with Gasteiger partial charge in [0.2, 0.25) is 0 Å². The molecule has 2 heterocycles. The molecule has 1 N–H and O–H groups in total. The molecule has 1 aromatic heterocycles. The van der Waals surface area contributed by atoms with Crippen LogP contribution in [0.15, 0.2) is 54.2 Å². The molecule has 146 valence electrons. The number of likely N-dealkylation sites (tertiary alicyclic amines) is 1. The maximum atomic E-state index is 12.8. The number of methoxy groups -OCH3 is 2. The third-order valence-corrected chi connectivity index (χ3v) is 4.62. The topological polar surface area (TPSA) is 89.0 Å². The SMILES string of the molecule is COCCCN1C(=O)C(=O)/C(=C(\O)c2ccc(OC)cc2)C1c1ccccn1. The van der Waals surface area contributed by atoms with Gasteiger partial charge in [0.1, 0.15) is 17.6 Å². The molecule has 1 aliphatic rings. The average Bonchev–Trinajstić information content (AvgIpc) is 2.99. The maximum absolute atomic E-state index is 12.8. The van der Waals surface area contributed by atoms with Gasteiger partial charge in [0, 0.05) is 32.0 Å². The predicted molar refractivity (Wildman–Crippen MR) is 103 cm³/mol. The van der Waals surface area contributed by atoms with Crippen molar-refractivity contribution in [3.8, 4) is 5.75 Å². The number of amides is 1. The highest BCUT2D eigenvalue weighted by Crippen LogP contribution is 2.38. The number of aromatic nitrogens is 1. The number of benzene rings is 1. The van der Waals surface area contributed by atoms with Crippen LogP contribution < -0.4 is 4.74 Å². The summed E-state index contributed by atoms with van der Waals surface area (Å²) in [6, 6.07) is 11.2. The molecule has 1 atom stereocenters. The van der Waals surface area contributed by atoms with E-state index in [2.05, 4.69) is 4.98 Å². The van der Waals surface area contributed by atoms with Gasteiger partial charge in [-0.05, 0) is 42.8 Å². The Kier molecular flexibility index (Phi) is 6.06. The van der Waals surface area contributed by atoms with E-state index in [1.165, 1.54) is 4.90 Å². The zero-order valence-electron chi connectivity index (χ0n) is 15.8. The van der Waals surface area contributed by atoms with E-state index in [-0.39, 0.29) is 11.3 Å². The van der Waals surface area contributed by atoms with Gasteiger partial charge < -0.3 is 19.5 Å². The zero-order valence-corrected chi connectivity index (χ0v) is 15.8. The van der Waals surface area contributed by atoms with Crippen LogP contribution in [0.3, 0.4) is 0 Å². The minimum Gasteiger partial charge on any atom is -0.507 e. The van der Waals surface area contributed by atoms with Crippen LogP contribution in [0.25, 0.3) is 5.76 Å². The van der Waals surface area contributed by atoms with E-state index in [0.717, 1.165) is 0 Å². The van der Waals surface area contributed by atoms with Crippen LogP contribution in [0.4, 0.5) is 0 Å². The highest BCUT2D eigenvalue weighted by Gasteiger charge is 2.46. The number of Topliss-reactive ketones (excluding diaryl/α,β-unsaturated/α-hetero) is 1. The van der Waals surface area contributed by atoms with Gasteiger partial charge in [0.25, 0.3) is 11.7 Å². The summed E-state index contributed by atoms with van der Waals surface area (Å²) in [5.74, 6) is -0.980. The highest BCUT2D eigenvalue weighted by atomic mass is 16.5. The van der Waals surface area contributed by atoms with Crippen LogP contribution in [-0.2, 0) is 14.3 Å². The summed E-state index contributed by atoms with van der Waals surface area (Å²) in [4.78, 5) is 31.2. The molecule has 0 bridgehead atoms. The second-order valence-corrected chi connectivity index (χ2v) is 6.32. The van der Waals surface area contributed by atoms with Crippen LogP contribution in [0.5, 0.6) is 5.75 Å². The zero-order chi connectivity index (χ0) is 20.1. The third kappa shape index (κ3) is 3.75. The molecule has 1 unspecified atom stereocenters. The molecule has 1 aliphatic heterocycles. The van der Waals surface area contributed by atoms with Gasteiger partial charge in [-0.15, -0.1) is 0 Å². The molecule has 28 heavy (non-hydrogen) atoms. The van der Waals surface area contributed by atoms with E-state index in [9.17, 15) is 14.7 Å². The van der Waals surface area contributed by atoms with Crippen LogP contribution in [0.2, 0.25) is 0 Å². The number of carbonyl (C=O) groups excluding carboxylic acids is 2. The number of aliphatic hydroxyl groups excluding tert-OH is 1. The lowest BCUT2D eigenvalue weighted by atomic mass is 9.98. The number of hydrogen-bond donors (Lipinski definition) is 1. The van der Waals surface area contributed by atoms with Gasteiger partial charge in [-0.2, -0.15) is 0 Å². The van der Waals surface area contributed by atoms with Crippen LogP contribution in [0.1, 0.15) is 23.7 Å². The van der Waals surface area contributed by atoms with Gasteiger partial charge in [-0.25, -0.2) is 0 Å². The molecule has 0 spiro atoms. The number of nitrogens with zero attached hydrogens (tertiary/aromatic N) is 2. The standard InChI is InChI=1S/C21H22N2O5/c1-27-13-5-12-23-18(16-6-3-4-11-22-16)17(20(25)21(23)26)19(24)14-7-9-15(28-2)10-8-14/h3-4,6-11,18,24H,5,12-13H2,1-2H3/b19-17-. The first-order valence-electron chi connectivity index (χ1n) is 8.91. The maximum Gasteiger partial charge on any atom is 0.295 e. The number of carbonyl (C=O) groups is 2. The van der Waals surface area contributed by atoms with E-state index in [1.54, 1.807) is 62.9 Å². The van der Waals surface area contributed by atoms with Gasteiger partial charge >= 0.3 is 0 Å². The number of rotatable bonds is 7. The second-order valence-electron chi connectivity index (χ2n) is 6.32. The monoisotopic (exact) mass is 382 g/mol. The number of ketones is 1. The van der Waals surface area contributed by atoms with Crippen molar-refractivity contribution in [3.63, 3.8) is 0 Å². The first-order valence-corrected chi connectivity index (χ1v) is 8.91. The average molecular weight is 382 g/mol. The van der Waals surface area contributed by atoms with Crippen molar-refractivity contribution in [1.82, 2.24) is 9.88 Å². The van der Waals surface area contributed by atoms with Crippen molar-refractivity contribution in [1.29, 1.82) is 0 Å². The lowest BCUT2D eigenvalue weighted by molar-refractivity contribution is -0.140. The molecule has 1 amide bonds. The van der Waals surface area contributed by atoms with E-state index < -0.39 is 17.7 Å². The van der Waals surface area contributed by atoms with E-state index in [4.69, 9.17) is 9.47 Å². The fourth-order valence-corrected chi connectivity index (χ4v) is 3.24. The van der Waals surface area contributed by atoms with Crippen molar-refractivity contribution < 1.29 is 24.2 Å². The molecular weight excluding hydrogens is 360 g/mol. The molecule has 3 rings (SSSR count). The summed E-state index contributed by atoms with van der Waals surface area (Å²) >= 11 is 0. The molecule has 0 saturated carbocycles. The van der Waals surface area contributed by atoms with Crippen molar-refractivity contribution in [2.75, 3.05) is 27.4 Å². The summed E-state index contributed by atoms with van der Waals surface area (Å²) in [6.45, 7) is 0.773. The number of aliphatic hydroxyl groups is 1. The Bertz CT molecular complexity index is 877. The Morgan fingerprint density at radius 1 is 1.14 bits per heavy atom. The first-order chi connectivity index (χ1) is 13.6. The van der Waals surface area contributed by atoms with E-state index >= 15 is 0 Å². The van der Waals surface area contributed by atoms with Crippen LogP contribution in [-0.4, -0.2) is 54.1 Å². The molecule has 1 aromatic carbocycles. The summed E-state index contributed by atoms with van der Waals surface area (Å²) in [5.41, 5.74) is 0.983. The molecule has 1 saturated heterocycles. The van der Waals surface area contributed by atoms with E-state index in [1.807, 2.05) is 0 Å². The number of pyridine rings is 1. The van der Waals surface area contributed by atoms with Crippen molar-refractivity contribution in [3.05, 3.63) is 65.5 Å². The Hall–Kier alpha value is -3.19. The minimum absolute atomic E-state index is 0.0336. The smallest absolute Gasteiger partial charge is 0.295 e. The summed E-state index contributed by atoms with van der Waals surface area (Å²) in [6.07, 6.45) is 2.16. The van der Waals surface area contributed by atoms with E-state index in [0.29, 0.717) is 36.6 Å². The Balaban J connectivity index is 2.07. The number of hydrogen-bond acceptors (Lipinski definition) is 6. The van der Waals surface area contributed by atoms with Crippen molar-refractivity contribution >= 4 is 17.4 Å². The third-order valence-electron chi connectivity index (χ3n) is 4.62. The Morgan fingerprint density at radius 3 is 2.50 bits per heavy atom. The number of ether oxygens (including phenoxy) is 2. The molecular formula is C21H22N2O5. The molecule has 1 fully saturated rings. The van der Waals surface area contributed by atoms with Gasteiger partial charge in [0.15, 0.2) is 0 Å². The summed E-state index contributed by atoms with van der Waals surface area (Å²) in [5, 5.41) is 10.9. The predicted octanol–water partition coefficient (Wildman–Crippen LogP) is 2.55. The van der Waals surface area contributed by atoms with Crippen molar-refractivity contribution in [2.24, 2.45) is 0 Å². The Labute approximate surface area is 163 Å². The van der Waals surface area contributed by atoms with Crippen LogP contribution >= 0.6 is 0 Å². The van der Waals surface area contributed by atoms with Gasteiger partial charge in [-0.3, -0.25) is 14.6 Å².